The lowest BCUT2D eigenvalue weighted by molar-refractivity contribution is -0.127. The van der Waals surface area contributed by atoms with Gasteiger partial charge in [-0.1, -0.05) is 13.8 Å². The van der Waals surface area contributed by atoms with Crippen LogP contribution >= 0.6 is 0 Å². The van der Waals surface area contributed by atoms with Gasteiger partial charge < -0.3 is 10.6 Å². The highest BCUT2D eigenvalue weighted by molar-refractivity contribution is 5.89. The molecule has 1 fully saturated rings. The summed E-state index contributed by atoms with van der Waals surface area (Å²) in [6.07, 6.45) is 0.384. The second-order valence-electron chi connectivity index (χ2n) is 3.33. The van der Waals surface area contributed by atoms with Crippen molar-refractivity contribution in [1.29, 1.82) is 0 Å². The van der Waals surface area contributed by atoms with Crippen LogP contribution in [0.2, 0.25) is 0 Å². The SMILES string of the molecule is CC(C)C1NC(=O)CCNC1=O. The Bertz CT molecular complexity index is 201. The Morgan fingerprint density at radius 1 is 1.42 bits per heavy atom. The fourth-order valence-corrected chi connectivity index (χ4v) is 1.19. The van der Waals surface area contributed by atoms with Crippen molar-refractivity contribution >= 4 is 11.8 Å². The van der Waals surface area contributed by atoms with E-state index >= 15 is 0 Å². The van der Waals surface area contributed by atoms with Crippen LogP contribution in [-0.4, -0.2) is 24.4 Å². The minimum Gasteiger partial charge on any atom is -0.354 e. The van der Waals surface area contributed by atoms with Crippen LogP contribution in [0.1, 0.15) is 20.3 Å². The van der Waals surface area contributed by atoms with Gasteiger partial charge in [-0.25, -0.2) is 0 Å². The lowest BCUT2D eigenvalue weighted by Gasteiger charge is -2.17. The molecule has 4 nitrogen and oxygen atoms in total. The lowest BCUT2D eigenvalue weighted by Crippen LogP contribution is -2.46. The van der Waals surface area contributed by atoms with Crippen LogP contribution in [0.4, 0.5) is 0 Å². The number of nitrogens with one attached hydrogen (secondary N) is 2. The van der Waals surface area contributed by atoms with E-state index < -0.39 is 0 Å². The summed E-state index contributed by atoms with van der Waals surface area (Å²) in [5.41, 5.74) is 0. The molecule has 1 atom stereocenters. The van der Waals surface area contributed by atoms with Gasteiger partial charge in [-0.3, -0.25) is 9.59 Å². The van der Waals surface area contributed by atoms with Gasteiger partial charge in [0.1, 0.15) is 6.04 Å². The summed E-state index contributed by atoms with van der Waals surface area (Å²) in [6.45, 7) is 4.28. The molecular formula is C8H14N2O2. The minimum atomic E-state index is -0.361. The molecule has 0 saturated carbocycles. The Morgan fingerprint density at radius 2 is 2.08 bits per heavy atom. The van der Waals surface area contributed by atoms with E-state index in [2.05, 4.69) is 10.6 Å². The van der Waals surface area contributed by atoms with E-state index in [4.69, 9.17) is 0 Å². The van der Waals surface area contributed by atoms with E-state index in [1.807, 2.05) is 13.8 Å². The summed E-state index contributed by atoms with van der Waals surface area (Å²) >= 11 is 0. The summed E-state index contributed by atoms with van der Waals surface area (Å²) < 4.78 is 0. The van der Waals surface area contributed by atoms with Crippen molar-refractivity contribution in [1.82, 2.24) is 10.6 Å². The van der Waals surface area contributed by atoms with Crippen molar-refractivity contribution in [3.05, 3.63) is 0 Å². The number of hydrogen-bond donors (Lipinski definition) is 2. The zero-order valence-corrected chi connectivity index (χ0v) is 7.39. The molecule has 2 amide bonds. The molecule has 1 heterocycles. The molecule has 1 aliphatic heterocycles. The molecule has 12 heavy (non-hydrogen) atoms. The molecule has 4 heteroatoms. The second kappa shape index (κ2) is 3.56. The average molecular weight is 170 g/mol. The van der Waals surface area contributed by atoms with Gasteiger partial charge in [-0.2, -0.15) is 0 Å². The van der Waals surface area contributed by atoms with Gasteiger partial charge in [0.15, 0.2) is 0 Å². The number of carbonyl (C=O) groups excluding carboxylic acids is 2. The van der Waals surface area contributed by atoms with Crippen molar-refractivity contribution in [3.63, 3.8) is 0 Å². The maximum absolute atomic E-state index is 11.3. The number of carbonyl (C=O) groups is 2. The van der Waals surface area contributed by atoms with Gasteiger partial charge >= 0.3 is 0 Å². The predicted octanol–water partition coefficient (Wildman–Crippen LogP) is -0.353. The maximum atomic E-state index is 11.3. The highest BCUT2D eigenvalue weighted by atomic mass is 16.2. The second-order valence-corrected chi connectivity index (χ2v) is 3.33. The third kappa shape index (κ3) is 1.96. The maximum Gasteiger partial charge on any atom is 0.242 e. The normalized spacial score (nSPS) is 24.8. The fourth-order valence-electron chi connectivity index (χ4n) is 1.19. The Kier molecular flexibility index (Phi) is 2.68. The molecule has 68 valence electrons. The zero-order valence-electron chi connectivity index (χ0n) is 7.39. The lowest BCUT2D eigenvalue weighted by atomic mass is 10.0. The van der Waals surface area contributed by atoms with Gasteiger partial charge in [0.25, 0.3) is 0 Å². The molecule has 1 unspecified atom stereocenters. The molecule has 1 rings (SSSR count). The Hall–Kier alpha value is -1.06. The molecule has 0 aromatic rings. The van der Waals surface area contributed by atoms with Crippen molar-refractivity contribution in [2.24, 2.45) is 5.92 Å². The van der Waals surface area contributed by atoms with Gasteiger partial charge in [-0.15, -0.1) is 0 Å². The van der Waals surface area contributed by atoms with Crippen LogP contribution in [0.5, 0.6) is 0 Å². The molecule has 1 aliphatic rings. The third-order valence-corrected chi connectivity index (χ3v) is 1.92. The molecule has 0 spiro atoms. The van der Waals surface area contributed by atoms with E-state index in [1.54, 1.807) is 0 Å². The van der Waals surface area contributed by atoms with E-state index in [0.717, 1.165) is 0 Å². The van der Waals surface area contributed by atoms with E-state index in [-0.39, 0.29) is 23.8 Å². The first kappa shape index (κ1) is 9.03. The van der Waals surface area contributed by atoms with Crippen molar-refractivity contribution in [2.45, 2.75) is 26.3 Å². The van der Waals surface area contributed by atoms with Crippen LogP contribution in [0.3, 0.4) is 0 Å². The molecule has 0 aliphatic carbocycles. The first-order valence-corrected chi connectivity index (χ1v) is 4.18. The summed E-state index contributed by atoms with van der Waals surface area (Å²) in [5.74, 6) is 0.0231. The summed E-state index contributed by atoms with van der Waals surface area (Å²) in [6, 6.07) is -0.361. The quantitative estimate of drug-likeness (QED) is 0.565. The first-order chi connectivity index (χ1) is 5.61. The predicted molar refractivity (Wildman–Crippen MR) is 44.4 cm³/mol. The standard InChI is InChI=1S/C8H14N2O2/c1-5(2)7-8(12)9-4-3-6(11)10-7/h5,7H,3-4H2,1-2H3,(H,9,12)(H,10,11). The highest BCUT2D eigenvalue weighted by Crippen LogP contribution is 2.04. The summed E-state index contributed by atoms with van der Waals surface area (Å²) in [4.78, 5) is 22.3. The fraction of sp³-hybridized carbons (Fsp3) is 0.750. The monoisotopic (exact) mass is 170 g/mol. The van der Waals surface area contributed by atoms with Crippen molar-refractivity contribution in [2.75, 3.05) is 6.54 Å². The van der Waals surface area contributed by atoms with Gasteiger partial charge in [0.05, 0.1) is 0 Å². The van der Waals surface area contributed by atoms with E-state index in [0.29, 0.717) is 13.0 Å². The Balaban J connectivity index is 2.67. The Morgan fingerprint density at radius 3 is 2.67 bits per heavy atom. The molecular weight excluding hydrogens is 156 g/mol. The van der Waals surface area contributed by atoms with Crippen LogP contribution in [0.15, 0.2) is 0 Å². The average Bonchev–Trinajstić information content (AvgIpc) is 2.13. The summed E-state index contributed by atoms with van der Waals surface area (Å²) in [7, 11) is 0. The van der Waals surface area contributed by atoms with Crippen molar-refractivity contribution in [3.8, 4) is 0 Å². The zero-order chi connectivity index (χ0) is 9.14. The molecule has 0 bridgehead atoms. The Labute approximate surface area is 71.7 Å². The smallest absolute Gasteiger partial charge is 0.242 e. The minimum absolute atomic E-state index is 0.0490. The number of amides is 2. The number of rotatable bonds is 1. The molecule has 0 radical (unpaired) electrons. The van der Waals surface area contributed by atoms with Crippen LogP contribution in [0, 0.1) is 5.92 Å². The third-order valence-electron chi connectivity index (χ3n) is 1.92. The van der Waals surface area contributed by atoms with Crippen LogP contribution in [0.25, 0.3) is 0 Å². The first-order valence-electron chi connectivity index (χ1n) is 4.18. The van der Waals surface area contributed by atoms with Crippen molar-refractivity contribution < 1.29 is 9.59 Å². The molecule has 0 aromatic heterocycles. The summed E-state index contributed by atoms with van der Waals surface area (Å²) in [5, 5.41) is 5.36. The highest BCUT2D eigenvalue weighted by Gasteiger charge is 2.26. The molecule has 2 N–H and O–H groups in total. The molecule has 0 aromatic carbocycles. The largest absolute Gasteiger partial charge is 0.354 e. The van der Waals surface area contributed by atoms with Gasteiger partial charge in [0.2, 0.25) is 11.8 Å². The van der Waals surface area contributed by atoms with E-state index in [9.17, 15) is 9.59 Å². The van der Waals surface area contributed by atoms with Crippen LogP contribution < -0.4 is 10.6 Å². The van der Waals surface area contributed by atoms with Gasteiger partial charge in [0, 0.05) is 13.0 Å². The van der Waals surface area contributed by atoms with Gasteiger partial charge in [-0.05, 0) is 5.92 Å². The van der Waals surface area contributed by atoms with Crippen LogP contribution in [-0.2, 0) is 9.59 Å². The molecule has 1 saturated heterocycles. The van der Waals surface area contributed by atoms with E-state index in [1.165, 1.54) is 0 Å². The topological polar surface area (TPSA) is 58.2 Å². The number of hydrogen-bond acceptors (Lipinski definition) is 2.